The van der Waals surface area contributed by atoms with Crippen molar-refractivity contribution in [2.75, 3.05) is 19.0 Å². The van der Waals surface area contributed by atoms with Gasteiger partial charge in [0.25, 0.3) is 0 Å². The first-order valence-electron chi connectivity index (χ1n) is 8.76. The number of rotatable bonds is 1. The summed E-state index contributed by atoms with van der Waals surface area (Å²) in [6, 6.07) is 7.38. The van der Waals surface area contributed by atoms with Gasteiger partial charge in [-0.05, 0) is 24.5 Å². The number of carbonyl (C=O) groups is 2. The Kier molecular flexibility index (Phi) is 2.83. The Bertz CT molecular complexity index is 832. The van der Waals surface area contributed by atoms with Gasteiger partial charge in [0.05, 0.1) is 30.2 Å². The van der Waals surface area contributed by atoms with Crippen LogP contribution in [0.5, 0.6) is 0 Å². The zero-order chi connectivity index (χ0) is 17.3. The fourth-order valence-corrected chi connectivity index (χ4v) is 5.65. The molecule has 130 valence electrons. The van der Waals surface area contributed by atoms with Crippen LogP contribution in [0.1, 0.15) is 24.8 Å². The third kappa shape index (κ3) is 1.60. The number of piperidine rings is 1. The van der Waals surface area contributed by atoms with Gasteiger partial charge in [-0.15, -0.1) is 0 Å². The van der Waals surface area contributed by atoms with Crippen molar-refractivity contribution in [3.05, 3.63) is 41.2 Å². The van der Waals surface area contributed by atoms with Gasteiger partial charge >= 0.3 is 5.97 Å². The molecule has 1 spiro atoms. The zero-order valence-corrected chi connectivity index (χ0v) is 14.0. The number of carbonyl (C=O) groups excluding carboxylic acids is 2. The van der Waals surface area contributed by atoms with Gasteiger partial charge in [-0.3, -0.25) is 4.79 Å². The van der Waals surface area contributed by atoms with E-state index in [4.69, 9.17) is 4.74 Å². The van der Waals surface area contributed by atoms with Gasteiger partial charge in [0.2, 0.25) is 5.91 Å². The molecule has 2 saturated heterocycles. The lowest BCUT2D eigenvalue weighted by Crippen LogP contribution is -2.60. The molecule has 6 heteroatoms. The van der Waals surface area contributed by atoms with Crippen LogP contribution in [0.2, 0.25) is 0 Å². The number of ether oxygens (including phenoxy) is 1. The molecule has 3 aliphatic heterocycles. The molecule has 4 aliphatic rings. The molecule has 0 unspecified atom stereocenters. The number of aliphatic hydroxyl groups excluding tert-OH is 1. The van der Waals surface area contributed by atoms with Crippen molar-refractivity contribution in [1.82, 2.24) is 4.90 Å². The number of nitrogens with one attached hydrogen (secondary N) is 1. The van der Waals surface area contributed by atoms with E-state index in [9.17, 15) is 14.7 Å². The molecule has 2 fully saturated rings. The summed E-state index contributed by atoms with van der Waals surface area (Å²) in [6.45, 7) is 0.720. The van der Waals surface area contributed by atoms with Gasteiger partial charge in [-0.1, -0.05) is 18.2 Å². The molecule has 5 rings (SSSR count). The van der Waals surface area contributed by atoms with E-state index in [1.54, 1.807) is 0 Å². The highest BCUT2D eigenvalue weighted by molar-refractivity contribution is 5.96. The molecular weight excluding hydrogens is 320 g/mol. The van der Waals surface area contributed by atoms with Crippen molar-refractivity contribution < 1.29 is 19.4 Å². The number of fused-ring (bicyclic) bond motifs is 1. The largest absolute Gasteiger partial charge is 0.511 e. The third-order valence-corrected chi connectivity index (χ3v) is 6.49. The van der Waals surface area contributed by atoms with E-state index in [1.807, 2.05) is 29.2 Å². The average Bonchev–Trinajstić information content (AvgIpc) is 3.12. The minimum absolute atomic E-state index is 0.0946. The Morgan fingerprint density at radius 3 is 3.00 bits per heavy atom. The van der Waals surface area contributed by atoms with Gasteiger partial charge in [-0.25, -0.2) is 4.79 Å². The predicted molar refractivity (Wildman–Crippen MR) is 90.0 cm³/mol. The van der Waals surface area contributed by atoms with Crippen molar-refractivity contribution in [2.24, 2.45) is 5.92 Å². The molecule has 4 atom stereocenters. The van der Waals surface area contributed by atoms with E-state index in [2.05, 4.69) is 5.32 Å². The molecule has 0 saturated carbocycles. The zero-order valence-electron chi connectivity index (χ0n) is 14.0. The van der Waals surface area contributed by atoms with Gasteiger partial charge in [0.1, 0.15) is 5.76 Å². The quantitative estimate of drug-likeness (QED) is 0.761. The topological polar surface area (TPSA) is 78.9 Å². The second kappa shape index (κ2) is 4.77. The highest BCUT2D eigenvalue weighted by Crippen LogP contribution is 2.60. The average molecular weight is 340 g/mol. The number of para-hydroxylation sites is 1. The Balaban J connectivity index is 1.80. The molecule has 3 heterocycles. The van der Waals surface area contributed by atoms with Crippen LogP contribution in [-0.2, 0) is 19.7 Å². The van der Waals surface area contributed by atoms with Crippen molar-refractivity contribution >= 4 is 17.6 Å². The Morgan fingerprint density at radius 1 is 1.40 bits per heavy atom. The summed E-state index contributed by atoms with van der Waals surface area (Å²) in [5.41, 5.74) is 1.77. The first-order valence-corrected chi connectivity index (χ1v) is 8.76. The lowest BCUT2D eigenvalue weighted by atomic mass is 9.59. The minimum atomic E-state index is -0.519. The second-order valence-electron chi connectivity index (χ2n) is 7.41. The number of amides is 1. The maximum Gasteiger partial charge on any atom is 0.339 e. The molecular formula is C19H20N2O4. The molecule has 6 nitrogen and oxygen atoms in total. The maximum atomic E-state index is 12.8. The molecule has 1 amide bonds. The number of nitrogens with zero attached hydrogens (tertiary/aromatic N) is 1. The molecule has 1 aromatic carbocycles. The number of aliphatic hydroxyl groups is 1. The van der Waals surface area contributed by atoms with Crippen molar-refractivity contribution in [3.8, 4) is 0 Å². The van der Waals surface area contributed by atoms with Gasteiger partial charge in [0.15, 0.2) is 0 Å². The van der Waals surface area contributed by atoms with Gasteiger partial charge < -0.3 is 20.1 Å². The smallest absolute Gasteiger partial charge is 0.339 e. The van der Waals surface area contributed by atoms with Crippen LogP contribution in [0.15, 0.2) is 35.6 Å². The lowest BCUT2D eigenvalue weighted by Gasteiger charge is -2.49. The van der Waals surface area contributed by atoms with Crippen LogP contribution < -0.4 is 5.32 Å². The molecule has 2 N–H and O–H groups in total. The summed E-state index contributed by atoms with van der Waals surface area (Å²) >= 11 is 0. The van der Waals surface area contributed by atoms with Crippen molar-refractivity contribution in [1.29, 1.82) is 0 Å². The number of esters is 1. The van der Waals surface area contributed by atoms with Crippen LogP contribution in [0.25, 0.3) is 0 Å². The van der Waals surface area contributed by atoms with E-state index in [-0.39, 0.29) is 29.2 Å². The van der Waals surface area contributed by atoms with Crippen LogP contribution in [0, 0.1) is 5.92 Å². The van der Waals surface area contributed by atoms with Crippen molar-refractivity contribution in [2.45, 2.75) is 36.8 Å². The predicted octanol–water partition coefficient (Wildman–Crippen LogP) is 1.73. The Labute approximate surface area is 145 Å². The molecule has 0 radical (unpaired) electrons. The second-order valence-corrected chi connectivity index (χ2v) is 7.41. The lowest BCUT2D eigenvalue weighted by molar-refractivity contribution is -0.137. The van der Waals surface area contributed by atoms with Crippen LogP contribution in [0.3, 0.4) is 0 Å². The summed E-state index contributed by atoms with van der Waals surface area (Å²) in [6.07, 6.45) is 1.97. The van der Waals surface area contributed by atoms with Gasteiger partial charge in [-0.2, -0.15) is 0 Å². The number of hydrogen-bond donors (Lipinski definition) is 2. The number of hydrogen-bond acceptors (Lipinski definition) is 5. The third-order valence-electron chi connectivity index (χ3n) is 6.49. The summed E-state index contributed by atoms with van der Waals surface area (Å²) in [7, 11) is 1.33. The molecule has 0 aromatic heterocycles. The number of benzene rings is 1. The number of anilines is 1. The summed E-state index contributed by atoms with van der Waals surface area (Å²) in [5, 5.41) is 14.3. The monoisotopic (exact) mass is 340 g/mol. The molecule has 1 aromatic rings. The minimum Gasteiger partial charge on any atom is -0.511 e. The van der Waals surface area contributed by atoms with E-state index < -0.39 is 17.4 Å². The van der Waals surface area contributed by atoms with Crippen LogP contribution in [0.4, 0.5) is 5.69 Å². The highest BCUT2D eigenvalue weighted by Gasteiger charge is 2.68. The summed E-state index contributed by atoms with van der Waals surface area (Å²) in [4.78, 5) is 27.3. The molecule has 1 aliphatic carbocycles. The van der Waals surface area contributed by atoms with E-state index >= 15 is 0 Å². The Morgan fingerprint density at radius 2 is 2.20 bits per heavy atom. The Hall–Kier alpha value is -2.50. The molecule has 25 heavy (non-hydrogen) atoms. The van der Waals surface area contributed by atoms with E-state index in [0.717, 1.165) is 30.6 Å². The van der Waals surface area contributed by atoms with Gasteiger partial charge in [0, 0.05) is 24.6 Å². The number of methoxy groups -OCH3 is 1. The standard InChI is InChI=1S/C19H20N2O4/c1-25-18(24)14-15(23)10-5-4-8-21-13(22)9-19(17(10)21)11-6-2-3-7-12(11)20-16(14)19/h2-3,6-7,10,16-17,20,23H,4-5,8-9H2,1H3/t10-,16-,17-,19-/m1/s1. The van der Waals surface area contributed by atoms with E-state index in [1.165, 1.54) is 7.11 Å². The maximum absolute atomic E-state index is 12.8. The van der Waals surface area contributed by atoms with Crippen LogP contribution >= 0.6 is 0 Å². The summed E-state index contributed by atoms with van der Waals surface area (Å²) < 4.78 is 4.98. The fourth-order valence-electron chi connectivity index (χ4n) is 5.65. The van der Waals surface area contributed by atoms with Crippen molar-refractivity contribution in [3.63, 3.8) is 0 Å². The first kappa shape index (κ1) is 14.8. The SMILES string of the molecule is COC(=O)C1=C(O)[C@H]2CCCN3C(=O)C[C@]4(c5ccccc5N[C@H]14)[C@@H]23. The van der Waals surface area contributed by atoms with Crippen LogP contribution in [-0.4, -0.2) is 47.6 Å². The highest BCUT2D eigenvalue weighted by atomic mass is 16.5. The first-order chi connectivity index (χ1) is 12.1. The van der Waals surface area contributed by atoms with E-state index in [0.29, 0.717) is 6.42 Å². The summed E-state index contributed by atoms with van der Waals surface area (Å²) in [5.74, 6) is -0.523. The molecule has 0 bridgehead atoms. The normalized spacial score (nSPS) is 35.0. The fraction of sp³-hybridized carbons (Fsp3) is 0.474.